The first-order valence-electron chi connectivity index (χ1n) is 4.87. The molecule has 0 saturated heterocycles. The molecule has 0 aliphatic heterocycles. The molecule has 2 nitrogen and oxygen atoms in total. The van der Waals surface area contributed by atoms with Gasteiger partial charge in [-0.25, -0.2) is 0 Å². The predicted molar refractivity (Wildman–Crippen MR) is 66.5 cm³/mol. The Bertz CT molecular complexity index is 330. The van der Waals surface area contributed by atoms with E-state index in [4.69, 9.17) is 22.4 Å². The van der Waals surface area contributed by atoms with Crippen molar-refractivity contribution in [2.24, 2.45) is 5.73 Å². The van der Waals surface area contributed by atoms with Gasteiger partial charge in [-0.15, -0.1) is 11.8 Å². The molecule has 1 aromatic carbocycles. The van der Waals surface area contributed by atoms with Crippen molar-refractivity contribution in [3.63, 3.8) is 0 Å². The molecule has 0 heterocycles. The lowest BCUT2D eigenvalue weighted by atomic mass is 10.1. The highest BCUT2D eigenvalue weighted by molar-refractivity contribution is 8.00. The molecule has 1 unspecified atom stereocenters. The molecule has 0 radical (unpaired) electrons. The monoisotopic (exact) mass is 245 g/mol. The number of aliphatic hydroxyl groups excluding tert-OH is 1. The van der Waals surface area contributed by atoms with E-state index in [9.17, 15) is 0 Å². The number of thioether (sulfide) groups is 1. The normalized spacial score (nSPS) is 13.2. The van der Waals surface area contributed by atoms with Gasteiger partial charge in [0, 0.05) is 20.7 Å². The zero-order valence-electron chi connectivity index (χ0n) is 8.90. The molecule has 1 rings (SSSR count). The zero-order valence-corrected chi connectivity index (χ0v) is 10.5. The molecular weight excluding hydrogens is 230 g/mol. The molecule has 0 spiro atoms. The van der Waals surface area contributed by atoms with Crippen molar-refractivity contribution in [3.8, 4) is 0 Å². The van der Waals surface area contributed by atoms with Crippen LogP contribution >= 0.6 is 23.4 Å². The molecule has 0 bridgehead atoms. The van der Waals surface area contributed by atoms with E-state index in [1.807, 2.05) is 12.1 Å². The largest absolute Gasteiger partial charge is 0.394 e. The van der Waals surface area contributed by atoms with E-state index in [1.54, 1.807) is 17.8 Å². The van der Waals surface area contributed by atoms with Crippen molar-refractivity contribution >= 4 is 23.4 Å². The Balaban J connectivity index is 3.08. The summed E-state index contributed by atoms with van der Waals surface area (Å²) in [6.45, 7) is 4.13. The zero-order chi connectivity index (χ0) is 11.4. The van der Waals surface area contributed by atoms with Gasteiger partial charge in [-0.2, -0.15) is 0 Å². The first kappa shape index (κ1) is 12.8. The molecule has 0 saturated carbocycles. The van der Waals surface area contributed by atoms with Gasteiger partial charge in [0.2, 0.25) is 0 Å². The molecule has 1 aromatic rings. The molecule has 0 aliphatic rings. The van der Waals surface area contributed by atoms with Gasteiger partial charge >= 0.3 is 0 Å². The van der Waals surface area contributed by atoms with Crippen LogP contribution in [0.1, 0.15) is 25.5 Å². The van der Waals surface area contributed by atoms with Crippen molar-refractivity contribution in [2.75, 3.05) is 6.61 Å². The Kier molecular flexibility index (Phi) is 4.93. The summed E-state index contributed by atoms with van der Waals surface area (Å²) >= 11 is 7.79. The molecule has 0 fully saturated rings. The van der Waals surface area contributed by atoms with Crippen LogP contribution in [0.5, 0.6) is 0 Å². The second kappa shape index (κ2) is 5.75. The van der Waals surface area contributed by atoms with Crippen molar-refractivity contribution in [3.05, 3.63) is 28.8 Å². The van der Waals surface area contributed by atoms with Gasteiger partial charge in [0.05, 0.1) is 12.6 Å². The van der Waals surface area contributed by atoms with Gasteiger partial charge in [0.25, 0.3) is 0 Å². The number of aliphatic hydroxyl groups is 1. The highest BCUT2D eigenvalue weighted by Gasteiger charge is 2.15. The van der Waals surface area contributed by atoms with Gasteiger partial charge in [-0.3, -0.25) is 0 Å². The third-order valence-corrected chi connectivity index (χ3v) is 3.35. The fourth-order valence-electron chi connectivity index (χ4n) is 1.33. The summed E-state index contributed by atoms with van der Waals surface area (Å²) < 4.78 is 0. The van der Waals surface area contributed by atoms with E-state index >= 15 is 0 Å². The SMILES string of the molecule is CC(C)Sc1cccc(Cl)c1C(N)CO. The fraction of sp³-hybridized carbons (Fsp3) is 0.455. The molecule has 3 N–H and O–H groups in total. The van der Waals surface area contributed by atoms with Crippen molar-refractivity contribution in [1.82, 2.24) is 0 Å². The van der Waals surface area contributed by atoms with E-state index < -0.39 is 6.04 Å². The van der Waals surface area contributed by atoms with Crippen molar-refractivity contribution < 1.29 is 5.11 Å². The van der Waals surface area contributed by atoms with Gasteiger partial charge in [-0.1, -0.05) is 31.5 Å². The van der Waals surface area contributed by atoms with E-state index in [1.165, 1.54) is 0 Å². The molecular formula is C11H16ClNOS. The van der Waals surface area contributed by atoms with E-state index in [0.717, 1.165) is 10.5 Å². The Labute approximate surface area is 99.8 Å². The molecule has 0 aromatic heterocycles. The van der Waals surface area contributed by atoms with Crippen LogP contribution in [-0.4, -0.2) is 17.0 Å². The number of nitrogens with two attached hydrogens (primary N) is 1. The van der Waals surface area contributed by atoms with Crippen LogP contribution in [0.25, 0.3) is 0 Å². The van der Waals surface area contributed by atoms with Crippen LogP contribution in [0.2, 0.25) is 5.02 Å². The Morgan fingerprint density at radius 2 is 2.13 bits per heavy atom. The maximum Gasteiger partial charge on any atom is 0.0625 e. The fourth-order valence-corrected chi connectivity index (χ4v) is 2.75. The van der Waals surface area contributed by atoms with Gasteiger partial charge < -0.3 is 10.8 Å². The lowest BCUT2D eigenvalue weighted by Crippen LogP contribution is -2.16. The minimum absolute atomic E-state index is 0.0879. The smallest absolute Gasteiger partial charge is 0.0625 e. The highest BCUT2D eigenvalue weighted by Crippen LogP contribution is 2.34. The molecule has 15 heavy (non-hydrogen) atoms. The molecule has 1 atom stereocenters. The Morgan fingerprint density at radius 3 is 2.67 bits per heavy atom. The minimum atomic E-state index is -0.403. The third kappa shape index (κ3) is 3.38. The molecule has 0 aliphatic carbocycles. The van der Waals surface area contributed by atoms with Crippen LogP contribution in [-0.2, 0) is 0 Å². The van der Waals surface area contributed by atoms with E-state index in [2.05, 4.69) is 13.8 Å². The lowest BCUT2D eigenvalue weighted by molar-refractivity contribution is 0.267. The Hall–Kier alpha value is -0.220. The molecule has 84 valence electrons. The second-order valence-corrected chi connectivity index (χ2v) is 5.63. The summed E-state index contributed by atoms with van der Waals surface area (Å²) in [5, 5.41) is 10.2. The summed E-state index contributed by atoms with van der Waals surface area (Å²) in [7, 11) is 0. The average molecular weight is 246 g/mol. The topological polar surface area (TPSA) is 46.2 Å². The predicted octanol–water partition coefficient (Wildman–Crippen LogP) is 2.83. The summed E-state index contributed by atoms with van der Waals surface area (Å²) in [6.07, 6.45) is 0. The van der Waals surface area contributed by atoms with Crippen molar-refractivity contribution in [2.45, 2.75) is 30.0 Å². The summed E-state index contributed by atoms with van der Waals surface area (Å²) in [4.78, 5) is 1.05. The summed E-state index contributed by atoms with van der Waals surface area (Å²) in [6, 6.07) is 5.29. The number of halogens is 1. The average Bonchev–Trinajstić information content (AvgIpc) is 2.16. The number of hydrogen-bond donors (Lipinski definition) is 2. The summed E-state index contributed by atoms with van der Waals surface area (Å²) in [5.41, 5.74) is 6.67. The van der Waals surface area contributed by atoms with Crippen molar-refractivity contribution in [1.29, 1.82) is 0 Å². The van der Waals surface area contributed by atoms with Crippen LogP contribution in [0, 0.1) is 0 Å². The second-order valence-electron chi connectivity index (χ2n) is 3.61. The highest BCUT2D eigenvalue weighted by atomic mass is 35.5. The molecule has 0 amide bonds. The summed E-state index contributed by atoms with van der Waals surface area (Å²) in [5.74, 6) is 0. The maximum atomic E-state index is 9.08. The first-order chi connectivity index (χ1) is 7.06. The van der Waals surface area contributed by atoms with Gasteiger partial charge in [-0.05, 0) is 12.1 Å². The van der Waals surface area contributed by atoms with Crippen LogP contribution in [0.15, 0.2) is 23.1 Å². The Morgan fingerprint density at radius 1 is 1.47 bits per heavy atom. The third-order valence-electron chi connectivity index (χ3n) is 1.94. The number of hydrogen-bond acceptors (Lipinski definition) is 3. The van der Waals surface area contributed by atoms with E-state index in [0.29, 0.717) is 10.3 Å². The number of benzene rings is 1. The standard InChI is InChI=1S/C11H16ClNOS/c1-7(2)15-10-5-3-4-8(12)11(10)9(13)6-14/h3-5,7,9,14H,6,13H2,1-2H3. The van der Waals surface area contributed by atoms with E-state index in [-0.39, 0.29) is 6.61 Å². The first-order valence-corrected chi connectivity index (χ1v) is 6.13. The van der Waals surface area contributed by atoms with Gasteiger partial charge in [0.15, 0.2) is 0 Å². The lowest BCUT2D eigenvalue weighted by Gasteiger charge is -2.16. The maximum absolute atomic E-state index is 9.08. The number of rotatable bonds is 4. The van der Waals surface area contributed by atoms with Crippen LogP contribution in [0.4, 0.5) is 0 Å². The minimum Gasteiger partial charge on any atom is -0.394 e. The van der Waals surface area contributed by atoms with Crippen LogP contribution in [0.3, 0.4) is 0 Å². The van der Waals surface area contributed by atoms with Crippen LogP contribution < -0.4 is 5.73 Å². The van der Waals surface area contributed by atoms with Gasteiger partial charge in [0.1, 0.15) is 0 Å². The quantitative estimate of drug-likeness (QED) is 0.802. The molecule has 4 heteroatoms.